The highest BCUT2D eigenvalue weighted by molar-refractivity contribution is 9.10. The number of anilines is 1. The van der Waals surface area contributed by atoms with Crippen LogP contribution in [0.4, 0.5) is 10.2 Å². The van der Waals surface area contributed by atoms with Crippen molar-refractivity contribution in [1.29, 1.82) is 0 Å². The summed E-state index contributed by atoms with van der Waals surface area (Å²) in [5.41, 5.74) is 1.84. The molecule has 3 aromatic rings. The van der Waals surface area contributed by atoms with Gasteiger partial charge in [-0.25, -0.2) is 19.3 Å². The lowest BCUT2D eigenvalue weighted by atomic mass is 10.2. The molecule has 2 N–H and O–H groups in total. The van der Waals surface area contributed by atoms with Gasteiger partial charge in [0.25, 0.3) is 0 Å². The molecule has 0 spiro atoms. The molecular weight excluding hydrogens is 313 g/mol. The number of hydrogen-bond acceptors (Lipinski definition) is 4. The van der Waals surface area contributed by atoms with Crippen LogP contribution >= 0.6 is 15.9 Å². The van der Waals surface area contributed by atoms with E-state index in [9.17, 15) is 4.39 Å². The summed E-state index contributed by atoms with van der Waals surface area (Å²) in [6, 6.07) is 4.82. The number of benzene rings is 1. The first-order valence-corrected chi connectivity index (χ1v) is 6.35. The lowest BCUT2D eigenvalue weighted by molar-refractivity contribution is 0.612. The van der Waals surface area contributed by atoms with Gasteiger partial charge in [-0.05, 0) is 18.2 Å². The Hall–Kier alpha value is -2.02. The van der Waals surface area contributed by atoms with Gasteiger partial charge in [-0.2, -0.15) is 0 Å². The molecule has 0 aliphatic heterocycles. The smallest absolute Gasteiger partial charge is 0.182 e. The quantitative estimate of drug-likeness (QED) is 0.778. The van der Waals surface area contributed by atoms with Crippen molar-refractivity contribution in [1.82, 2.24) is 19.9 Å². The van der Waals surface area contributed by atoms with Crippen molar-refractivity contribution in [2.24, 2.45) is 0 Å². The van der Waals surface area contributed by atoms with E-state index in [0.29, 0.717) is 29.1 Å². The monoisotopic (exact) mass is 321 g/mol. The number of rotatable bonds is 3. The van der Waals surface area contributed by atoms with Crippen LogP contribution < -0.4 is 5.32 Å². The third-order valence-corrected chi connectivity index (χ3v) is 3.17. The van der Waals surface area contributed by atoms with Crippen LogP contribution in [0.1, 0.15) is 5.56 Å². The van der Waals surface area contributed by atoms with Crippen LogP contribution in [0.15, 0.2) is 35.3 Å². The minimum atomic E-state index is -0.259. The molecule has 0 aliphatic carbocycles. The fourth-order valence-electron chi connectivity index (χ4n) is 1.76. The summed E-state index contributed by atoms with van der Waals surface area (Å²) in [5.74, 6) is 0.340. The maximum absolute atomic E-state index is 13.6. The van der Waals surface area contributed by atoms with Crippen molar-refractivity contribution >= 4 is 32.9 Å². The second kappa shape index (κ2) is 4.93. The van der Waals surface area contributed by atoms with Crippen LogP contribution in [-0.4, -0.2) is 19.9 Å². The molecule has 0 saturated carbocycles. The minimum Gasteiger partial charge on any atom is -0.364 e. The standard InChI is InChI=1S/C12H9BrFN5/c13-8-1-2-9(14)7(3-8)4-15-11-10-12(17-5-16-10)19-6-18-11/h1-3,5-6H,4H2,(H2,15,16,17,18,19). The Labute approximate surface area is 116 Å². The Morgan fingerprint density at radius 2 is 2.16 bits per heavy atom. The maximum Gasteiger partial charge on any atom is 0.182 e. The Morgan fingerprint density at radius 3 is 3.05 bits per heavy atom. The molecule has 96 valence electrons. The van der Waals surface area contributed by atoms with Gasteiger partial charge >= 0.3 is 0 Å². The van der Waals surface area contributed by atoms with E-state index in [2.05, 4.69) is 41.2 Å². The summed E-state index contributed by atoms with van der Waals surface area (Å²) in [5, 5.41) is 3.07. The Morgan fingerprint density at radius 1 is 1.26 bits per heavy atom. The summed E-state index contributed by atoms with van der Waals surface area (Å²) in [6.45, 7) is 0.330. The molecule has 2 heterocycles. The number of halogens is 2. The molecular formula is C12H9BrFN5. The van der Waals surface area contributed by atoms with Crippen molar-refractivity contribution < 1.29 is 4.39 Å². The van der Waals surface area contributed by atoms with Crippen molar-refractivity contribution in [3.05, 3.63) is 46.7 Å². The predicted molar refractivity (Wildman–Crippen MR) is 73.1 cm³/mol. The molecule has 2 aromatic heterocycles. The molecule has 0 atom stereocenters. The molecule has 0 amide bonds. The Bertz CT molecular complexity index is 727. The lowest BCUT2D eigenvalue weighted by Crippen LogP contribution is -2.04. The molecule has 3 rings (SSSR count). The van der Waals surface area contributed by atoms with Gasteiger partial charge in [0, 0.05) is 16.6 Å². The van der Waals surface area contributed by atoms with Crippen LogP contribution in [0.3, 0.4) is 0 Å². The van der Waals surface area contributed by atoms with E-state index in [1.807, 2.05) is 0 Å². The molecule has 5 nitrogen and oxygen atoms in total. The first-order valence-electron chi connectivity index (χ1n) is 5.56. The number of aromatic amines is 1. The van der Waals surface area contributed by atoms with Crippen molar-refractivity contribution in [2.45, 2.75) is 6.54 Å². The number of hydrogen-bond donors (Lipinski definition) is 2. The van der Waals surface area contributed by atoms with Gasteiger partial charge in [0.1, 0.15) is 17.7 Å². The van der Waals surface area contributed by atoms with Gasteiger partial charge in [-0.3, -0.25) is 0 Å². The largest absolute Gasteiger partial charge is 0.364 e. The second-order valence-corrected chi connectivity index (χ2v) is 4.83. The van der Waals surface area contributed by atoms with E-state index in [-0.39, 0.29) is 5.82 Å². The average molecular weight is 322 g/mol. The maximum atomic E-state index is 13.6. The van der Waals surface area contributed by atoms with Crippen molar-refractivity contribution in [3.63, 3.8) is 0 Å². The zero-order valence-electron chi connectivity index (χ0n) is 9.69. The van der Waals surface area contributed by atoms with Crippen molar-refractivity contribution in [3.8, 4) is 0 Å². The van der Waals surface area contributed by atoms with E-state index in [1.54, 1.807) is 18.5 Å². The third kappa shape index (κ3) is 2.41. The zero-order valence-corrected chi connectivity index (χ0v) is 11.3. The number of nitrogens with one attached hydrogen (secondary N) is 2. The SMILES string of the molecule is Fc1ccc(Br)cc1CNc1ncnc2nc[nH]c12. The number of nitrogens with zero attached hydrogens (tertiary/aromatic N) is 3. The molecule has 0 fully saturated rings. The predicted octanol–water partition coefficient (Wildman–Crippen LogP) is 2.87. The van der Waals surface area contributed by atoms with Crippen LogP contribution in [0.2, 0.25) is 0 Å². The van der Waals surface area contributed by atoms with Gasteiger partial charge < -0.3 is 10.3 Å². The highest BCUT2D eigenvalue weighted by Crippen LogP contribution is 2.19. The average Bonchev–Trinajstić information content (AvgIpc) is 2.88. The van der Waals surface area contributed by atoms with Gasteiger partial charge in [-0.15, -0.1) is 0 Å². The lowest BCUT2D eigenvalue weighted by Gasteiger charge is -2.07. The topological polar surface area (TPSA) is 66.5 Å². The molecule has 0 unspecified atom stereocenters. The number of imidazole rings is 1. The first kappa shape index (κ1) is 12.0. The summed E-state index contributed by atoms with van der Waals surface area (Å²) >= 11 is 3.32. The van der Waals surface area contributed by atoms with Crippen LogP contribution in [0.5, 0.6) is 0 Å². The summed E-state index contributed by atoms with van der Waals surface area (Å²) in [6.07, 6.45) is 2.97. The van der Waals surface area contributed by atoms with Crippen LogP contribution in [-0.2, 0) is 6.54 Å². The minimum absolute atomic E-state index is 0.259. The summed E-state index contributed by atoms with van der Waals surface area (Å²) < 4.78 is 14.4. The highest BCUT2D eigenvalue weighted by Gasteiger charge is 2.07. The van der Waals surface area contributed by atoms with E-state index in [1.165, 1.54) is 12.4 Å². The molecule has 1 aromatic carbocycles. The normalized spacial score (nSPS) is 10.8. The van der Waals surface area contributed by atoms with E-state index >= 15 is 0 Å². The fourth-order valence-corrected chi connectivity index (χ4v) is 2.17. The fraction of sp³-hybridized carbons (Fsp3) is 0.0833. The molecule has 0 saturated heterocycles. The van der Waals surface area contributed by atoms with Gasteiger partial charge in [0.15, 0.2) is 11.5 Å². The Balaban J connectivity index is 1.86. The third-order valence-electron chi connectivity index (χ3n) is 2.68. The van der Waals surface area contributed by atoms with E-state index in [4.69, 9.17) is 0 Å². The number of aromatic nitrogens is 4. The second-order valence-electron chi connectivity index (χ2n) is 3.91. The number of H-pyrrole nitrogens is 1. The zero-order chi connectivity index (χ0) is 13.2. The first-order chi connectivity index (χ1) is 9.24. The Kier molecular flexibility index (Phi) is 3.12. The van der Waals surface area contributed by atoms with Gasteiger partial charge in [0.2, 0.25) is 0 Å². The van der Waals surface area contributed by atoms with Crippen LogP contribution in [0, 0.1) is 5.82 Å². The number of fused-ring (bicyclic) bond motifs is 1. The molecule has 0 aliphatic rings. The van der Waals surface area contributed by atoms with Crippen molar-refractivity contribution in [2.75, 3.05) is 5.32 Å². The van der Waals surface area contributed by atoms with E-state index < -0.39 is 0 Å². The summed E-state index contributed by atoms with van der Waals surface area (Å²) in [4.78, 5) is 15.1. The molecule has 7 heteroatoms. The molecule has 0 radical (unpaired) electrons. The van der Waals surface area contributed by atoms with Gasteiger partial charge in [-0.1, -0.05) is 15.9 Å². The molecule has 0 bridgehead atoms. The molecule has 19 heavy (non-hydrogen) atoms. The summed E-state index contributed by atoms with van der Waals surface area (Å²) in [7, 11) is 0. The van der Waals surface area contributed by atoms with Crippen LogP contribution in [0.25, 0.3) is 11.2 Å². The van der Waals surface area contributed by atoms with E-state index in [0.717, 1.165) is 4.47 Å². The highest BCUT2D eigenvalue weighted by atomic mass is 79.9. The van der Waals surface area contributed by atoms with Gasteiger partial charge in [0.05, 0.1) is 6.33 Å².